The van der Waals surface area contributed by atoms with Gasteiger partial charge in [0.15, 0.2) is 0 Å². The van der Waals surface area contributed by atoms with Crippen LogP contribution in [-0.2, 0) is 0 Å². The van der Waals surface area contributed by atoms with Crippen molar-refractivity contribution in [3.63, 3.8) is 0 Å². The van der Waals surface area contributed by atoms with Crippen LogP contribution in [-0.4, -0.2) is 36.0 Å². The molecule has 1 atom stereocenters. The van der Waals surface area contributed by atoms with Crippen LogP contribution in [0, 0.1) is 10.1 Å². The summed E-state index contributed by atoms with van der Waals surface area (Å²) in [4.78, 5) is 13.3. The lowest BCUT2D eigenvalue weighted by Gasteiger charge is -2.34. The molecule has 0 radical (unpaired) electrons. The molecule has 1 aliphatic rings. The number of para-hydroxylation sites is 1. The van der Waals surface area contributed by atoms with Gasteiger partial charge in [0.1, 0.15) is 0 Å². The highest BCUT2D eigenvalue weighted by Gasteiger charge is 2.27. The molecule has 1 heterocycles. The summed E-state index contributed by atoms with van der Waals surface area (Å²) in [5.41, 5.74) is 1.11. The third-order valence-corrected chi connectivity index (χ3v) is 3.65. The smallest absolute Gasteiger partial charge is 0.274 e. The van der Waals surface area contributed by atoms with Crippen molar-refractivity contribution in [1.29, 1.82) is 0 Å². The first-order valence-corrected chi connectivity index (χ1v) is 6.92. The molecule has 0 amide bonds. The maximum Gasteiger partial charge on any atom is 0.274 e. The molecule has 1 aromatic carbocycles. The molecule has 1 N–H and O–H groups in total. The van der Waals surface area contributed by atoms with Crippen LogP contribution in [0.4, 0.5) is 5.69 Å². The van der Waals surface area contributed by atoms with E-state index in [1.54, 1.807) is 12.1 Å². The fraction of sp³-hybridized carbons (Fsp3) is 0.571. The van der Waals surface area contributed by atoms with E-state index in [0.717, 1.165) is 44.6 Å². The number of hydrogen-bond acceptors (Lipinski definition) is 4. The highest BCUT2D eigenvalue weighted by Crippen LogP contribution is 2.32. The highest BCUT2D eigenvalue weighted by atomic mass is 35.5. The number of hydrogen-bond donors (Lipinski definition) is 1. The molecule has 7 heteroatoms. The molecule has 1 aromatic rings. The van der Waals surface area contributed by atoms with Crippen LogP contribution in [0.2, 0.25) is 0 Å². The van der Waals surface area contributed by atoms with Gasteiger partial charge in [-0.15, -0.1) is 24.8 Å². The van der Waals surface area contributed by atoms with Crippen LogP contribution in [0.25, 0.3) is 0 Å². The summed E-state index contributed by atoms with van der Waals surface area (Å²) in [6.45, 7) is 5.96. The van der Waals surface area contributed by atoms with Crippen molar-refractivity contribution in [3.05, 3.63) is 39.9 Å². The van der Waals surface area contributed by atoms with E-state index in [1.165, 1.54) is 0 Å². The predicted octanol–water partition coefficient (Wildman–Crippen LogP) is 3.18. The van der Waals surface area contributed by atoms with Gasteiger partial charge in [-0.1, -0.05) is 31.5 Å². The number of rotatable bonds is 5. The molecule has 0 aromatic heterocycles. The summed E-state index contributed by atoms with van der Waals surface area (Å²) < 4.78 is 0. The molecule has 0 bridgehead atoms. The first-order valence-electron chi connectivity index (χ1n) is 6.92. The molecule has 2 rings (SSSR count). The maximum absolute atomic E-state index is 11.2. The highest BCUT2D eigenvalue weighted by molar-refractivity contribution is 5.85. The first kappa shape index (κ1) is 20.1. The summed E-state index contributed by atoms with van der Waals surface area (Å²) in [6.07, 6.45) is 1.99. The van der Waals surface area contributed by atoms with Gasteiger partial charge in [-0.25, -0.2) is 0 Å². The van der Waals surface area contributed by atoms with Gasteiger partial charge in [0, 0.05) is 43.9 Å². The van der Waals surface area contributed by atoms with Gasteiger partial charge in [0.2, 0.25) is 0 Å². The van der Waals surface area contributed by atoms with Crippen LogP contribution < -0.4 is 5.32 Å². The number of nitro groups is 1. The molecule has 0 unspecified atom stereocenters. The van der Waals surface area contributed by atoms with Crippen molar-refractivity contribution in [3.8, 4) is 0 Å². The van der Waals surface area contributed by atoms with E-state index in [4.69, 9.17) is 0 Å². The van der Waals surface area contributed by atoms with Crippen molar-refractivity contribution in [2.45, 2.75) is 25.8 Å². The van der Waals surface area contributed by atoms with Crippen LogP contribution in [0.1, 0.15) is 31.4 Å². The Morgan fingerprint density at radius 1 is 1.29 bits per heavy atom. The lowest BCUT2D eigenvalue weighted by atomic mass is 9.98. The van der Waals surface area contributed by atoms with E-state index in [-0.39, 0.29) is 41.5 Å². The Hall–Kier alpha value is -0.880. The molecule has 5 nitrogen and oxygen atoms in total. The zero-order valence-corrected chi connectivity index (χ0v) is 13.8. The van der Waals surface area contributed by atoms with Crippen molar-refractivity contribution in [2.75, 3.05) is 26.2 Å². The molecule has 1 fully saturated rings. The van der Waals surface area contributed by atoms with Crippen molar-refractivity contribution < 1.29 is 4.92 Å². The fourth-order valence-electron chi connectivity index (χ4n) is 2.74. The van der Waals surface area contributed by atoms with Gasteiger partial charge in [-0.2, -0.15) is 0 Å². The number of piperazine rings is 1. The van der Waals surface area contributed by atoms with E-state index >= 15 is 0 Å². The molecule has 0 aliphatic carbocycles. The number of halogens is 2. The third-order valence-electron chi connectivity index (χ3n) is 3.65. The largest absolute Gasteiger partial charge is 0.314 e. The van der Waals surface area contributed by atoms with Crippen LogP contribution >= 0.6 is 24.8 Å². The van der Waals surface area contributed by atoms with E-state index < -0.39 is 0 Å². The minimum absolute atomic E-state index is 0. The summed E-state index contributed by atoms with van der Waals surface area (Å²) in [5.74, 6) is 0. The second kappa shape index (κ2) is 9.95. The van der Waals surface area contributed by atoms with Gasteiger partial charge in [-0.3, -0.25) is 15.0 Å². The minimum Gasteiger partial charge on any atom is -0.314 e. The molecule has 120 valence electrons. The normalized spacial score (nSPS) is 16.4. The van der Waals surface area contributed by atoms with Crippen LogP contribution in [0.5, 0.6) is 0 Å². The average Bonchev–Trinajstić information content (AvgIpc) is 2.45. The second-order valence-corrected chi connectivity index (χ2v) is 4.91. The zero-order valence-electron chi connectivity index (χ0n) is 12.2. The van der Waals surface area contributed by atoms with E-state index in [1.807, 2.05) is 12.1 Å². The zero-order chi connectivity index (χ0) is 13.7. The van der Waals surface area contributed by atoms with Crippen molar-refractivity contribution in [2.24, 2.45) is 0 Å². The lowest BCUT2D eigenvalue weighted by Crippen LogP contribution is -2.45. The predicted molar refractivity (Wildman–Crippen MR) is 89.7 cm³/mol. The number of nitro benzene ring substituents is 1. The monoisotopic (exact) mass is 335 g/mol. The third kappa shape index (κ3) is 5.11. The quantitative estimate of drug-likeness (QED) is 0.663. The number of nitrogens with zero attached hydrogens (tertiary/aromatic N) is 2. The minimum atomic E-state index is -0.264. The van der Waals surface area contributed by atoms with Gasteiger partial charge < -0.3 is 5.32 Å². The number of benzene rings is 1. The Morgan fingerprint density at radius 3 is 2.48 bits per heavy atom. The Bertz CT molecular complexity index is 440. The van der Waals surface area contributed by atoms with Crippen LogP contribution in [0.3, 0.4) is 0 Å². The Labute approximate surface area is 138 Å². The van der Waals surface area contributed by atoms with Crippen molar-refractivity contribution >= 4 is 30.5 Å². The molecular formula is C14H23Cl2N3O2. The average molecular weight is 336 g/mol. The first-order chi connectivity index (χ1) is 9.24. The number of nitrogens with one attached hydrogen (secondary N) is 1. The Balaban J connectivity index is 0.00000200. The molecule has 1 saturated heterocycles. The van der Waals surface area contributed by atoms with Crippen LogP contribution in [0.15, 0.2) is 24.3 Å². The Morgan fingerprint density at radius 2 is 1.90 bits per heavy atom. The lowest BCUT2D eigenvalue weighted by molar-refractivity contribution is -0.386. The molecular weight excluding hydrogens is 313 g/mol. The summed E-state index contributed by atoms with van der Waals surface area (Å²) in [5, 5.41) is 14.5. The summed E-state index contributed by atoms with van der Waals surface area (Å²) in [6, 6.07) is 7.31. The summed E-state index contributed by atoms with van der Waals surface area (Å²) in [7, 11) is 0. The van der Waals surface area contributed by atoms with E-state index in [9.17, 15) is 10.1 Å². The van der Waals surface area contributed by atoms with Gasteiger partial charge >= 0.3 is 0 Å². The van der Waals surface area contributed by atoms with Gasteiger partial charge in [-0.05, 0) is 6.42 Å². The fourth-order valence-corrected chi connectivity index (χ4v) is 2.74. The van der Waals surface area contributed by atoms with Gasteiger partial charge in [0.25, 0.3) is 5.69 Å². The topological polar surface area (TPSA) is 58.4 Å². The van der Waals surface area contributed by atoms with Gasteiger partial charge in [0.05, 0.1) is 4.92 Å². The SMILES string of the molecule is CCC[C@@H](c1ccccc1[N+](=O)[O-])N1CCNCC1.Cl.Cl. The van der Waals surface area contributed by atoms with Crippen molar-refractivity contribution in [1.82, 2.24) is 10.2 Å². The molecule has 1 aliphatic heterocycles. The molecule has 21 heavy (non-hydrogen) atoms. The Kier molecular flexibility index (Phi) is 9.53. The second-order valence-electron chi connectivity index (χ2n) is 4.91. The molecule has 0 saturated carbocycles. The van der Waals surface area contributed by atoms with E-state index in [0.29, 0.717) is 0 Å². The summed E-state index contributed by atoms with van der Waals surface area (Å²) >= 11 is 0. The maximum atomic E-state index is 11.2. The van der Waals surface area contributed by atoms with E-state index in [2.05, 4.69) is 17.1 Å². The molecule has 0 spiro atoms. The standard InChI is InChI=1S/C14H21N3O2.2ClH/c1-2-5-13(16-10-8-15-9-11-16)12-6-3-4-7-14(12)17(18)19;;/h3-4,6-7,13,15H,2,5,8-11H2,1H3;2*1H/t13-;;/m0../s1.